The molecule has 2 aromatic heterocycles. The van der Waals surface area contributed by atoms with Gasteiger partial charge in [0.05, 0.1) is 0 Å². The Kier molecular flexibility index (Phi) is 5.98. The van der Waals surface area contributed by atoms with Crippen molar-refractivity contribution in [1.82, 2.24) is 4.98 Å². The summed E-state index contributed by atoms with van der Waals surface area (Å²) in [5.74, 6) is 2.26. The van der Waals surface area contributed by atoms with E-state index in [0.717, 1.165) is 49.3 Å². The van der Waals surface area contributed by atoms with Crippen LogP contribution in [0.1, 0.15) is 20.8 Å². The van der Waals surface area contributed by atoms with E-state index in [4.69, 9.17) is 19.2 Å². The molecule has 1 aliphatic heterocycles. The third-order valence-corrected chi connectivity index (χ3v) is 6.50. The van der Waals surface area contributed by atoms with Gasteiger partial charge in [-0.3, -0.25) is 4.90 Å². The minimum atomic E-state index is -0.537. The van der Waals surface area contributed by atoms with Crippen LogP contribution < -0.4 is 19.7 Å². The van der Waals surface area contributed by atoms with Gasteiger partial charge in [-0.05, 0) is 68.8 Å². The van der Waals surface area contributed by atoms with Crippen molar-refractivity contribution in [3.05, 3.63) is 60.7 Å². The molecule has 1 N–H and O–H groups in total. The highest BCUT2D eigenvalue weighted by molar-refractivity contribution is 7.21. The van der Waals surface area contributed by atoms with Crippen LogP contribution in [0, 0.1) is 0 Å². The van der Waals surface area contributed by atoms with Gasteiger partial charge in [0.2, 0.25) is 0 Å². The topological polar surface area (TPSA) is 72.9 Å². The van der Waals surface area contributed by atoms with Gasteiger partial charge in [0, 0.05) is 34.8 Å². The van der Waals surface area contributed by atoms with Gasteiger partial charge in [0.15, 0.2) is 11.5 Å². The second-order valence-corrected chi connectivity index (χ2v) is 10.3. The fourth-order valence-corrected chi connectivity index (χ4v) is 4.72. The normalized spacial score (nSPS) is 12.9. The van der Waals surface area contributed by atoms with Crippen LogP contribution in [0.2, 0.25) is 0 Å². The first kappa shape index (κ1) is 23.0. The number of rotatable bonds is 4. The number of pyridine rings is 1. The number of amides is 1. The fraction of sp³-hybridized carbons (Fsp3) is 0.259. The second-order valence-electron chi connectivity index (χ2n) is 9.27. The molecule has 4 aromatic rings. The molecule has 3 heterocycles. The van der Waals surface area contributed by atoms with Crippen molar-refractivity contribution in [2.75, 3.05) is 30.5 Å². The number of nitrogens with one attached hydrogen (secondary N) is 1. The zero-order valence-corrected chi connectivity index (χ0v) is 20.9. The van der Waals surface area contributed by atoms with Gasteiger partial charge in [0.25, 0.3) is 0 Å². The van der Waals surface area contributed by atoms with E-state index in [1.165, 1.54) is 4.90 Å². The summed E-state index contributed by atoms with van der Waals surface area (Å²) in [5.41, 5.74) is 2.19. The number of ether oxygens (including phenoxy) is 3. The Morgan fingerprint density at radius 2 is 1.74 bits per heavy atom. The number of thiophene rings is 1. The van der Waals surface area contributed by atoms with Crippen molar-refractivity contribution >= 4 is 44.8 Å². The maximum atomic E-state index is 12.3. The van der Waals surface area contributed by atoms with Gasteiger partial charge in [-0.25, -0.2) is 9.78 Å². The molecular formula is C27H27N3O4S. The smallest absolute Gasteiger partial charge is 0.414 e. The number of anilines is 3. The van der Waals surface area contributed by atoms with Crippen LogP contribution in [0.15, 0.2) is 60.7 Å². The molecule has 0 unspecified atom stereocenters. The van der Waals surface area contributed by atoms with Crippen molar-refractivity contribution < 1.29 is 19.0 Å². The van der Waals surface area contributed by atoms with Crippen LogP contribution in [-0.4, -0.2) is 36.9 Å². The Balaban J connectivity index is 1.32. The largest absolute Gasteiger partial charge is 0.486 e. The summed E-state index contributed by atoms with van der Waals surface area (Å²) in [7, 11) is 1.71. The lowest BCUT2D eigenvalue weighted by atomic mass is 10.1. The van der Waals surface area contributed by atoms with E-state index < -0.39 is 5.60 Å². The van der Waals surface area contributed by atoms with Gasteiger partial charge >= 0.3 is 6.09 Å². The number of hydrogen-bond acceptors (Lipinski definition) is 7. The Morgan fingerprint density at radius 3 is 2.49 bits per heavy atom. The fourth-order valence-electron chi connectivity index (χ4n) is 3.68. The van der Waals surface area contributed by atoms with Crippen LogP contribution in [0.4, 0.5) is 22.0 Å². The molecular weight excluding hydrogens is 462 g/mol. The summed E-state index contributed by atoms with van der Waals surface area (Å²) in [5, 5.41) is 4.43. The molecule has 0 fully saturated rings. The lowest BCUT2D eigenvalue weighted by Gasteiger charge is -2.24. The minimum absolute atomic E-state index is 0.380. The van der Waals surface area contributed by atoms with Crippen LogP contribution >= 0.6 is 11.3 Å². The van der Waals surface area contributed by atoms with Crippen molar-refractivity contribution in [1.29, 1.82) is 0 Å². The molecule has 0 saturated heterocycles. The van der Waals surface area contributed by atoms with Crippen LogP contribution in [0.25, 0.3) is 20.7 Å². The number of carbonyl (C=O) groups excluding carboxylic acids is 1. The summed E-state index contributed by atoms with van der Waals surface area (Å²) in [6.45, 7) is 6.69. The summed E-state index contributed by atoms with van der Waals surface area (Å²) in [6.07, 6.45) is -0.380. The molecule has 35 heavy (non-hydrogen) atoms. The maximum Gasteiger partial charge on any atom is 0.414 e. The number of fused-ring (bicyclic) bond motifs is 2. The molecule has 0 saturated carbocycles. The molecule has 1 amide bonds. The van der Waals surface area contributed by atoms with Crippen molar-refractivity contribution in [2.24, 2.45) is 0 Å². The monoisotopic (exact) mass is 489 g/mol. The van der Waals surface area contributed by atoms with Crippen molar-refractivity contribution in [2.45, 2.75) is 26.4 Å². The predicted octanol–water partition coefficient (Wildman–Crippen LogP) is 6.85. The number of nitrogens with zero attached hydrogens (tertiary/aromatic N) is 2. The lowest BCUT2D eigenvalue weighted by molar-refractivity contribution is 0.0589. The van der Waals surface area contributed by atoms with Gasteiger partial charge in [-0.2, -0.15) is 0 Å². The quantitative estimate of drug-likeness (QED) is 0.338. The van der Waals surface area contributed by atoms with Gasteiger partial charge in [0.1, 0.15) is 29.5 Å². The van der Waals surface area contributed by atoms with Crippen LogP contribution in [0.5, 0.6) is 11.5 Å². The summed E-state index contributed by atoms with van der Waals surface area (Å²) in [6, 6.07) is 19.8. The molecule has 7 nitrogen and oxygen atoms in total. The van der Waals surface area contributed by atoms with Crippen LogP contribution in [0.3, 0.4) is 0 Å². The SMILES string of the molecule is CN(C(=O)OC(C)(C)C)c1ccc(-c2cc3ccc(Nc4ccc5c(c4)OCCO5)nc3s2)cc1. The minimum Gasteiger partial charge on any atom is -0.486 e. The first-order chi connectivity index (χ1) is 16.7. The number of aromatic nitrogens is 1. The average molecular weight is 490 g/mol. The molecule has 0 radical (unpaired) electrons. The molecule has 0 bridgehead atoms. The van der Waals surface area contributed by atoms with Crippen LogP contribution in [-0.2, 0) is 4.74 Å². The lowest BCUT2D eigenvalue weighted by Crippen LogP contribution is -2.34. The third-order valence-electron chi connectivity index (χ3n) is 5.40. The zero-order valence-electron chi connectivity index (χ0n) is 20.1. The molecule has 5 rings (SSSR count). The van der Waals surface area contributed by atoms with Crippen molar-refractivity contribution in [3.8, 4) is 21.9 Å². The highest BCUT2D eigenvalue weighted by Gasteiger charge is 2.20. The Bertz CT molecular complexity index is 1380. The zero-order chi connectivity index (χ0) is 24.6. The summed E-state index contributed by atoms with van der Waals surface area (Å²) in [4.78, 5) is 20.7. The molecule has 0 spiro atoms. The average Bonchev–Trinajstić information content (AvgIpc) is 3.26. The highest BCUT2D eigenvalue weighted by atomic mass is 32.1. The molecule has 8 heteroatoms. The number of benzene rings is 2. The van der Waals surface area contributed by atoms with E-state index in [-0.39, 0.29) is 6.09 Å². The predicted molar refractivity (Wildman–Crippen MR) is 140 cm³/mol. The van der Waals surface area contributed by atoms with Crippen molar-refractivity contribution in [3.63, 3.8) is 0 Å². The standard InChI is InChI=1S/C27H27N3O4S/c1-27(2,3)34-26(31)30(4)20-9-5-17(6-10-20)23-15-18-7-12-24(29-25(18)35-23)28-19-8-11-21-22(16-19)33-14-13-32-21/h5-12,15-16H,13-14H2,1-4H3,(H,28,29). The van der Waals surface area contributed by atoms with E-state index in [1.807, 2.05) is 69.3 Å². The van der Waals surface area contributed by atoms with Gasteiger partial charge in [-0.15, -0.1) is 11.3 Å². The van der Waals surface area contributed by atoms with E-state index in [2.05, 4.69) is 17.4 Å². The Hall–Kier alpha value is -3.78. The van der Waals surface area contributed by atoms with Gasteiger partial charge < -0.3 is 19.5 Å². The highest BCUT2D eigenvalue weighted by Crippen LogP contribution is 2.36. The maximum absolute atomic E-state index is 12.3. The molecule has 2 aromatic carbocycles. The first-order valence-corrected chi connectivity index (χ1v) is 12.2. The van der Waals surface area contributed by atoms with E-state index in [1.54, 1.807) is 18.4 Å². The molecule has 1 aliphatic rings. The van der Waals surface area contributed by atoms with E-state index in [9.17, 15) is 4.79 Å². The first-order valence-electron chi connectivity index (χ1n) is 11.4. The summed E-state index contributed by atoms with van der Waals surface area (Å²) < 4.78 is 16.7. The Morgan fingerprint density at radius 1 is 1.00 bits per heavy atom. The van der Waals surface area contributed by atoms with Gasteiger partial charge in [-0.1, -0.05) is 12.1 Å². The molecule has 180 valence electrons. The van der Waals surface area contributed by atoms with E-state index >= 15 is 0 Å². The molecule has 0 aliphatic carbocycles. The number of hydrogen-bond donors (Lipinski definition) is 1. The van der Waals surface area contributed by atoms with E-state index in [0.29, 0.717) is 13.2 Å². The molecule has 0 atom stereocenters. The second kappa shape index (κ2) is 9.11. The Labute approximate surface area is 208 Å². The number of carbonyl (C=O) groups is 1. The summed E-state index contributed by atoms with van der Waals surface area (Å²) >= 11 is 1.63. The third kappa shape index (κ3) is 5.17.